The Kier molecular flexibility index (Phi) is 4.50. The lowest BCUT2D eigenvalue weighted by atomic mass is 10.1. The van der Waals surface area contributed by atoms with Crippen LogP contribution in [-0.2, 0) is 4.74 Å². The number of aliphatic hydroxyl groups is 1. The molecule has 0 radical (unpaired) electrons. The molecule has 0 aromatic heterocycles. The van der Waals surface area contributed by atoms with Crippen molar-refractivity contribution in [3.63, 3.8) is 0 Å². The van der Waals surface area contributed by atoms with E-state index in [1.807, 2.05) is 0 Å². The van der Waals surface area contributed by atoms with E-state index < -0.39 is 11.9 Å². The van der Waals surface area contributed by atoms with Crippen molar-refractivity contribution >= 4 is 11.6 Å². The molecule has 3 nitrogen and oxygen atoms in total. The molecule has 1 unspecified atom stereocenters. The van der Waals surface area contributed by atoms with Crippen molar-refractivity contribution in [1.29, 1.82) is 5.26 Å². The Labute approximate surface area is 91.7 Å². The fourth-order valence-electron chi connectivity index (χ4n) is 1.09. The predicted molar refractivity (Wildman–Crippen MR) is 52.8 cm³/mol. The van der Waals surface area contributed by atoms with Crippen LogP contribution < -0.4 is 0 Å². The van der Waals surface area contributed by atoms with Gasteiger partial charge in [0.05, 0.1) is 24.3 Å². The summed E-state index contributed by atoms with van der Waals surface area (Å²) >= 11 is 5.56. The van der Waals surface area contributed by atoms with Crippen molar-refractivity contribution in [2.45, 2.75) is 6.10 Å². The first kappa shape index (κ1) is 11.9. The molecule has 80 valence electrons. The van der Waals surface area contributed by atoms with Gasteiger partial charge in [0.15, 0.2) is 6.10 Å². The highest BCUT2D eigenvalue weighted by Crippen LogP contribution is 2.25. The molecule has 15 heavy (non-hydrogen) atoms. The van der Waals surface area contributed by atoms with Gasteiger partial charge in [-0.25, -0.2) is 4.39 Å². The van der Waals surface area contributed by atoms with Crippen LogP contribution in [0.1, 0.15) is 11.7 Å². The molecular formula is C10H9ClFNO2. The molecule has 0 bridgehead atoms. The average Bonchev–Trinajstić information content (AvgIpc) is 2.25. The number of aliphatic hydroxyl groups excluding tert-OH is 1. The summed E-state index contributed by atoms with van der Waals surface area (Å²) in [6, 6.07) is 6.14. The molecule has 1 rings (SSSR count). The minimum Gasteiger partial charge on any atom is -0.394 e. The van der Waals surface area contributed by atoms with E-state index in [1.165, 1.54) is 18.2 Å². The zero-order chi connectivity index (χ0) is 11.3. The lowest BCUT2D eigenvalue weighted by Crippen LogP contribution is -2.08. The molecule has 1 atom stereocenters. The van der Waals surface area contributed by atoms with E-state index in [2.05, 4.69) is 0 Å². The minimum atomic E-state index is -1.05. The van der Waals surface area contributed by atoms with Crippen molar-refractivity contribution in [2.75, 3.05) is 13.2 Å². The molecule has 1 aromatic rings. The molecule has 1 aromatic carbocycles. The number of rotatable bonds is 4. The topological polar surface area (TPSA) is 53.2 Å². The minimum absolute atomic E-state index is 0.0236. The summed E-state index contributed by atoms with van der Waals surface area (Å²) in [6.45, 7) is -0.245. The second-order valence-corrected chi connectivity index (χ2v) is 3.15. The zero-order valence-electron chi connectivity index (χ0n) is 7.78. The van der Waals surface area contributed by atoms with E-state index in [0.29, 0.717) is 0 Å². The predicted octanol–water partition coefficient (Wildman–Crippen LogP) is 2.05. The van der Waals surface area contributed by atoms with E-state index >= 15 is 0 Å². The molecule has 0 saturated heterocycles. The standard InChI is InChI=1S/C10H9ClFNO2/c11-8-3-1-2-7(10(8)12)9(6-13)15-5-4-14/h1-3,9,14H,4-5H2. The van der Waals surface area contributed by atoms with Gasteiger partial charge in [0.2, 0.25) is 0 Å². The van der Waals surface area contributed by atoms with E-state index in [1.54, 1.807) is 6.07 Å². The second kappa shape index (κ2) is 5.66. The van der Waals surface area contributed by atoms with E-state index in [0.717, 1.165) is 0 Å². The van der Waals surface area contributed by atoms with Gasteiger partial charge in [-0.1, -0.05) is 23.7 Å². The summed E-state index contributed by atoms with van der Waals surface area (Å²) in [7, 11) is 0. The number of nitrogens with zero attached hydrogens (tertiary/aromatic N) is 1. The Balaban J connectivity index is 2.93. The Hall–Kier alpha value is -1.15. The fraction of sp³-hybridized carbons (Fsp3) is 0.300. The zero-order valence-corrected chi connectivity index (χ0v) is 8.54. The van der Waals surface area contributed by atoms with Gasteiger partial charge in [0.25, 0.3) is 0 Å². The number of halogens is 2. The summed E-state index contributed by atoms with van der Waals surface area (Å²) in [5.74, 6) is -0.663. The molecule has 1 N–H and O–H groups in total. The molecule has 0 aliphatic rings. The van der Waals surface area contributed by atoms with Crippen LogP contribution in [-0.4, -0.2) is 18.3 Å². The van der Waals surface area contributed by atoms with Gasteiger partial charge in [0.1, 0.15) is 5.82 Å². The van der Waals surface area contributed by atoms with Crippen molar-refractivity contribution in [1.82, 2.24) is 0 Å². The maximum absolute atomic E-state index is 13.4. The van der Waals surface area contributed by atoms with Crippen LogP contribution >= 0.6 is 11.6 Å². The number of benzene rings is 1. The third-order valence-electron chi connectivity index (χ3n) is 1.76. The van der Waals surface area contributed by atoms with Gasteiger partial charge in [0, 0.05) is 5.56 Å². The second-order valence-electron chi connectivity index (χ2n) is 2.75. The van der Waals surface area contributed by atoms with Gasteiger partial charge >= 0.3 is 0 Å². The number of hydrogen-bond donors (Lipinski definition) is 1. The fourth-order valence-corrected chi connectivity index (χ4v) is 1.27. The summed E-state index contributed by atoms with van der Waals surface area (Å²) < 4.78 is 18.4. The molecule has 0 saturated carbocycles. The number of hydrogen-bond acceptors (Lipinski definition) is 3. The quantitative estimate of drug-likeness (QED) is 0.860. The van der Waals surface area contributed by atoms with Crippen LogP contribution in [0.5, 0.6) is 0 Å². The summed E-state index contributed by atoms with van der Waals surface area (Å²) in [5, 5.41) is 17.2. The smallest absolute Gasteiger partial charge is 0.172 e. The normalized spacial score (nSPS) is 12.1. The third kappa shape index (κ3) is 2.90. The molecule has 0 aliphatic carbocycles. The van der Waals surface area contributed by atoms with Gasteiger partial charge in [-0.3, -0.25) is 0 Å². The molecule has 0 fully saturated rings. The van der Waals surface area contributed by atoms with Crippen LogP contribution in [0, 0.1) is 17.1 Å². The Morgan fingerprint density at radius 1 is 1.60 bits per heavy atom. The SMILES string of the molecule is N#CC(OCCO)c1cccc(Cl)c1F. The van der Waals surface area contributed by atoms with Gasteiger partial charge in [-0.2, -0.15) is 5.26 Å². The number of nitriles is 1. The van der Waals surface area contributed by atoms with Gasteiger partial charge in [-0.05, 0) is 6.07 Å². The van der Waals surface area contributed by atoms with Crippen LogP contribution in [0.25, 0.3) is 0 Å². The maximum atomic E-state index is 13.4. The highest BCUT2D eigenvalue weighted by Gasteiger charge is 2.17. The molecule has 0 aliphatic heterocycles. The van der Waals surface area contributed by atoms with E-state index in [9.17, 15) is 4.39 Å². The largest absolute Gasteiger partial charge is 0.394 e. The third-order valence-corrected chi connectivity index (χ3v) is 2.05. The van der Waals surface area contributed by atoms with Gasteiger partial charge < -0.3 is 9.84 Å². The first-order valence-electron chi connectivity index (χ1n) is 4.26. The maximum Gasteiger partial charge on any atom is 0.172 e. The van der Waals surface area contributed by atoms with Crippen LogP contribution in [0.4, 0.5) is 4.39 Å². The first-order chi connectivity index (χ1) is 7.20. The Morgan fingerprint density at radius 2 is 2.33 bits per heavy atom. The molecule has 0 amide bonds. The van der Waals surface area contributed by atoms with Crippen LogP contribution in [0.3, 0.4) is 0 Å². The van der Waals surface area contributed by atoms with Crippen molar-refractivity contribution in [2.24, 2.45) is 0 Å². The first-order valence-corrected chi connectivity index (χ1v) is 4.64. The Bertz CT molecular complexity index is 378. The van der Waals surface area contributed by atoms with E-state index in [4.69, 9.17) is 26.7 Å². The highest BCUT2D eigenvalue weighted by atomic mass is 35.5. The van der Waals surface area contributed by atoms with Crippen LogP contribution in [0.2, 0.25) is 5.02 Å². The molecule has 5 heteroatoms. The average molecular weight is 230 g/mol. The lowest BCUT2D eigenvalue weighted by molar-refractivity contribution is 0.0563. The summed E-state index contributed by atoms with van der Waals surface area (Å²) in [5.41, 5.74) is 0.0819. The Morgan fingerprint density at radius 3 is 2.93 bits per heavy atom. The van der Waals surface area contributed by atoms with Crippen molar-refractivity contribution in [3.05, 3.63) is 34.6 Å². The van der Waals surface area contributed by atoms with E-state index in [-0.39, 0.29) is 23.8 Å². The number of ether oxygens (including phenoxy) is 1. The molecular weight excluding hydrogens is 221 g/mol. The molecule has 0 spiro atoms. The van der Waals surface area contributed by atoms with Crippen molar-refractivity contribution in [3.8, 4) is 6.07 Å². The monoisotopic (exact) mass is 229 g/mol. The van der Waals surface area contributed by atoms with Crippen LogP contribution in [0.15, 0.2) is 18.2 Å². The van der Waals surface area contributed by atoms with Gasteiger partial charge in [-0.15, -0.1) is 0 Å². The molecule has 0 heterocycles. The highest BCUT2D eigenvalue weighted by molar-refractivity contribution is 6.30. The summed E-state index contributed by atoms with van der Waals surface area (Å²) in [6.07, 6.45) is -1.05. The van der Waals surface area contributed by atoms with Crippen molar-refractivity contribution < 1.29 is 14.2 Å². The lowest BCUT2D eigenvalue weighted by Gasteiger charge is -2.11. The summed E-state index contributed by atoms with van der Waals surface area (Å²) in [4.78, 5) is 0.